The summed E-state index contributed by atoms with van der Waals surface area (Å²) >= 11 is 0. The molecule has 10 heteroatoms. The van der Waals surface area contributed by atoms with Crippen molar-refractivity contribution < 1.29 is 22.7 Å². The van der Waals surface area contributed by atoms with Gasteiger partial charge in [-0.05, 0) is 0 Å². The molecule has 1 aliphatic rings. The van der Waals surface area contributed by atoms with Crippen molar-refractivity contribution >= 4 is 17.9 Å². The summed E-state index contributed by atoms with van der Waals surface area (Å²) in [6.07, 6.45) is -5.36. The van der Waals surface area contributed by atoms with Crippen molar-refractivity contribution in [2.75, 3.05) is 37.2 Å². The Morgan fingerprint density at radius 3 is 2.65 bits per heavy atom. The number of hydrogen-bond acceptors (Lipinski definition) is 6. The molecule has 0 aromatic carbocycles. The number of amides is 1. The molecular formula is C10H12F3N5O2. The number of hydrazine groups is 1. The van der Waals surface area contributed by atoms with E-state index in [1.807, 2.05) is 0 Å². The second-order valence-electron chi connectivity index (χ2n) is 4.20. The first kappa shape index (κ1) is 14.2. The molecule has 1 amide bonds. The van der Waals surface area contributed by atoms with E-state index in [9.17, 15) is 18.0 Å². The quantitative estimate of drug-likeness (QED) is 0.877. The van der Waals surface area contributed by atoms with Crippen LogP contribution in [0, 0.1) is 0 Å². The standard InChI is InChI=1S/C10H12F3N5O2/c1-17(2)7-5-6(10(11,12)13)14-8(15-7)18-3-4-20-9(19)16-18/h5H,3-4H2,1-2H3,(H,16,19). The third-order valence-corrected chi connectivity index (χ3v) is 2.47. The van der Waals surface area contributed by atoms with Crippen LogP contribution in [0.4, 0.5) is 29.7 Å². The number of cyclic esters (lactones) is 1. The van der Waals surface area contributed by atoms with E-state index >= 15 is 0 Å². The molecule has 0 unspecified atom stereocenters. The maximum Gasteiger partial charge on any atom is 0.433 e. The van der Waals surface area contributed by atoms with Crippen LogP contribution in [-0.2, 0) is 10.9 Å². The molecule has 2 rings (SSSR count). The molecule has 0 radical (unpaired) electrons. The molecule has 0 aliphatic carbocycles. The van der Waals surface area contributed by atoms with Gasteiger partial charge in [-0.25, -0.2) is 20.2 Å². The largest absolute Gasteiger partial charge is 0.446 e. The summed E-state index contributed by atoms with van der Waals surface area (Å²) in [5.74, 6) is -0.150. The highest BCUT2D eigenvalue weighted by atomic mass is 19.4. The minimum Gasteiger partial charge on any atom is -0.446 e. The molecule has 1 saturated heterocycles. The predicted octanol–water partition coefficient (Wildman–Crippen LogP) is 1.02. The van der Waals surface area contributed by atoms with E-state index < -0.39 is 18.0 Å². The number of carbonyl (C=O) groups excluding carboxylic acids is 1. The van der Waals surface area contributed by atoms with Crippen LogP contribution in [0.25, 0.3) is 0 Å². The van der Waals surface area contributed by atoms with E-state index in [4.69, 9.17) is 0 Å². The zero-order chi connectivity index (χ0) is 14.9. The number of nitrogens with one attached hydrogen (secondary N) is 1. The summed E-state index contributed by atoms with van der Waals surface area (Å²) in [4.78, 5) is 19.9. The molecule has 1 aromatic heterocycles. The number of carbonyl (C=O) groups is 1. The Kier molecular flexibility index (Phi) is 3.55. The summed E-state index contributed by atoms with van der Waals surface area (Å²) in [7, 11) is 3.12. The molecule has 2 heterocycles. The van der Waals surface area contributed by atoms with Crippen molar-refractivity contribution in [3.05, 3.63) is 11.8 Å². The van der Waals surface area contributed by atoms with E-state index in [0.717, 1.165) is 11.1 Å². The van der Waals surface area contributed by atoms with Gasteiger partial charge in [0.05, 0.1) is 6.54 Å². The summed E-state index contributed by atoms with van der Waals surface area (Å²) in [6, 6.07) is 0.839. The Labute approximate surface area is 112 Å². The highest BCUT2D eigenvalue weighted by Gasteiger charge is 2.35. The Hall–Kier alpha value is -2.26. The lowest BCUT2D eigenvalue weighted by Crippen LogP contribution is -2.50. The topological polar surface area (TPSA) is 70.6 Å². The SMILES string of the molecule is CN(C)c1cc(C(F)(F)F)nc(N2CCOC(=O)N2)n1. The van der Waals surface area contributed by atoms with Crippen LogP contribution in [0.15, 0.2) is 6.07 Å². The molecule has 7 nitrogen and oxygen atoms in total. The van der Waals surface area contributed by atoms with Crippen molar-refractivity contribution in [3.63, 3.8) is 0 Å². The van der Waals surface area contributed by atoms with Gasteiger partial charge in [0.2, 0.25) is 5.95 Å². The van der Waals surface area contributed by atoms with E-state index in [-0.39, 0.29) is 24.9 Å². The van der Waals surface area contributed by atoms with E-state index in [0.29, 0.717) is 0 Å². The van der Waals surface area contributed by atoms with Crippen LogP contribution in [-0.4, -0.2) is 43.3 Å². The predicted molar refractivity (Wildman–Crippen MR) is 63.2 cm³/mol. The van der Waals surface area contributed by atoms with Gasteiger partial charge in [0, 0.05) is 20.2 Å². The van der Waals surface area contributed by atoms with Crippen LogP contribution in [0.1, 0.15) is 5.69 Å². The summed E-state index contributed by atoms with van der Waals surface area (Å²) < 4.78 is 43.1. The molecular weight excluding hydrogens is 279 g/mol. The second-order valence-corrected chi connectivity index (χ2v) is 4.20. The molecule has 110 valence electrons. The van der Waals surface area contributed by atoms with E-state index in [2.05, 4.69) is 20.1 Å². The lowest BCUT2D eigenvalue weighted by atomic mass is 10.3. The number of nitrogens with zero attached hydrogens (tertiary/aromatic N) is 4. The van der Waals surface area contributed by atoms with Gasteiger partial charge in [-0.1, -0.05) is 0 Å². The second kappa shape index (κ2) is 5.02. The summed E-state index contributed by atoms with van der Waals surface area (Å²) in [5, 5.41) is 1.12. The fourth-order valence-electron chi connectivity index (χ4n) is 1.50. The minimum atomic E-state index is -4.60. The third kappa shape index (κ3) is 3.00. The lowest BCUT2D eigenvalue weighted by Gasteiger charge is -2.28. The summed E-state index contributed by atoms with van der Waals surface area (Å²) in [6.45, 7) is 0.197. The average molecular weight is 291 g/mol. The van der Waals surface area contributed by atoms with Crippen molar-refractivity contribution in [3.8, 4) is 0 Å². The monoisotopic (exact) mass is 291 g/mol. The van der Waals surface area contributed by atoms with Crippen LogP contribution >= 0.6 is 0 Å². The molecule has 1 aliphatic heterocycles. The van der Waals surface area contributed by atoms with Gasteiger partial charge in [-0.15, -0.1) is 0 Å². The van der Waals surface area contributed by atoms with Crippen LogP contribution in [0.2, 0.25) is 0 Å². The smallest absolute Gasteiger partial charge is 0.433 e. The summed E-state index contributed by atoms with van der Waals surface area (Å²) in [5.41, 5.74) is 1.16. The van der Waals surface area contributed by atoms with Gasteiger partial charge >= 0.3 is 12.3 Å². The zero-order valence-corrected chi connectivity index (χ0v) is 10.7. The first-order valence-electron chi connectivity index (χ1n) is 5.62. The number of rotatable bonds is 2. The molecule has 0 bridgehead atoms. The number of alkyl halides is 3. The molecule has 1 N–H and O–H groups in total. The minimum absolute atomic E-state index is 0.0444. The zero-order valence-electron chi connectivity index (χ0n) is 10.7. The fourth-order valence-corrected chi connectivity index (χ4v) is 1.50. The fraction of sp³-hybridized carbons (Fsp3) is 0.500. The Morgan fingerprint density at radius 2 is 2.10 bits per heavy atom. The van der Waals surface area contributed by atoms with Crippen molar-refractivity contribution in [2.45, 2.75) is 6.18 Å². The maximum absolute atomic E-state index is 12.8. The first-order valence-corrected chi connectivity index (χ1v) is 5.62. The number of halogens is 3. The Balaban J connectivity index is 2.41. The molecule has 1 aromatic rings. The van der Waals surface area contributed by atoms with Gasteiger partial charge in [0.15, 0.2) is 5.69 Å². The van der Waals surface area contributed by atoms with Gasteiger partial charge in [0.25, 0.3) is 0 Å². The Morgan fingerprint density at radius 1 is 1.40 bits per heavy atom. The van der Waals surface area contributed by atoms with E-state index in [1.54, 1.807) is 14.1 Å². The normalized spacial score (nSPS) is 15.7. The number of hydrogen-bond donors (Lipinski definition) is 1. The van der Waals surface area contributed by atoms with Gasteiger partial charge in [0.1, 0.15) is 12.4 Å². The van der Waals surface area contributed by atoms with Crippen molar-refractivity contribution in [2.24, 2.45) is 0 Å². The third-order valence-electron chi connectivity index (χ3n) is 2.47. The van der Waals surface area contributed by atoms with Crippen LogP contribution in [0.3, 0.4) is 0 Å². The van der Waals surface area contributed by atoms with Crippen molar-refractivity contribution in [1.82, 2.24) is 15.4 Å². The highest BCUT2D eigenvalue weighted by molar-refractivity contribution is 5.70. The molecule has 0 spiro atoms. The van der Waals surface area contributed by atoms with Gasteiger partial charge in [-0.2, -0.15) is 18.2 Å². The number of ether oxygens (including phenoxy) is 1. The van der Waals surface area contributed by atoms with Gasteiger partial charge in [-0.3, -0.25) is 0 Å². The molecule has 20 heavy (non-hydrogen) atoms. The molecule has 1 fully saturated rings. The van der Waals surface area contributed by atoms with Gasteiger partial charge < -0.3 is 9.64 Å². The number of aromatic nitrogens is 2. The maximum atomic E-state index is 12.8. The number of anilines is 2. The molecule has 0 atom stereocenters. The lowest BCUT2D eigenvalue weighted by molar-refractivity contribution is -0.141. The average Bonchev–Trinajstić information content (AvgIpc) is 2.37. The van der Waals surface area contributed by atoms with Crippen LogP contribution in [0.5, 0.6) is 0 Å². The highest BCUT2D eigenvalue weighted by Crippen LogP contribution is 2.30. The van der Waals surface area contributed by atoms with Crippen molar-refractivity contribution in [1.29, 1.82) is 0 Å². The Bertz CT molecular complexity index is 520. The van der Waals surface area contributed by atoms with Crippen LogP contribution < -0.4 is 15.3 Å². The van der Waals surface area contributed by atoms with E-state index in [1.165, 1.54) is 4.90 Å². The molecule has 0 saturated carbocycles. The first-order chi connectivity index (χ1) is 9.27.